The van der Waals surface area contributed by atoms with E-state index in [1.807, 2.05) is 12.1 Å². The lowest BCUT2D eigenvalue weighted by atomic mass is 10.1. The third-order valence-electron chi connectivity index (χ3n) is 5.48. The van der Waals surface area contributed by atoms with Gasteiger partial charge in [0.1, 0.15) is 11.6 Å². The Labute approximate surface area is 221 Å². The van der Waals surface area contributed by atoms with E-state index >= 15 is 0 Å². The van der Waals surface area contributed by atoms with Gasteiger partial charge in [0, 0.05) is 32.2 Å². The number of benzene rings is 2. The number of hydrogen-bond acceptors (Lipinski definition) is 8. The smallest absolute Gasteiger partial charge is 0.416 e. The van der Waals surface area contributed by atoms with Gasteiger partial charge in [0.2, 0.25) is 16.9 Å². The zero-order valence-corrected chi connectivity index (χ0v) is 21.8. The van der Waals surface area contributed by atoms with E-state index in [0.29, 0.717) is 35.0 Å². The predicted octanol–water partition coefficient (Wildman–Crippen LogP) is 4.29. The molecule has 0 aliphatic carbocycles. The number of aromatic nitrogens is 2. The summed E-state index contributed by atoms with van der Waals surface area (Å²) in [7, 11) is 4.50. The van der Waals surface area contributed by atoms with Crippen LogP contribution in [0.15, 0.2) is 42.5 Å². The number of carbonyl (C=O) groups excluding carboxylic acids is 2. The van der Waals surface area contributed by atoms with Crippen LogP contribution in [0.25, 0.3) is 10.6 Å². The van der Waals surface area contributed by atoms with Crippen molar-refractivity contribution in [3.05, 3.63) is 53.6 Å². The number of anilines is 1. The average Bonchev–Trinajstić information content (AvgIpc) is 3.36. The van der Waals surface area contributed by atoms with Crippen molar-refractivity contribution in [2.45, 2.75) is 19.0 Å². The van der Waals surface area contributed by atoms with Crippen molar-refractivity contribution in [3.63, 3.8) is 0 Å². The number of rotatable bonds is 12. The molecular formula is C25H27F3N4O5S. The summed E-state index contributed by atoms with van der Waals surface area (Å²) in [5.74, 6) is 0.521. The highest BCUT2D eigenvalue weighted by Crippen LogP contribution is 2.32. The van der Waals surface area contributed by atoms with Gasteiger partial charge in [-0.05, 0) is 36.2 Å². The molecule has 0 aliphatic rings. The van der Waals surface area contributed by atoms with Gasteiger partial charge in [-0.3, -0.25) is 9.59 Å². The van der Waals surface area contributed by atoms with E-state index in [2.05, 4.69) is 15.5 Å². The van der Waals surface area contributed by atoms with Gasteiger partial charge in [-0.25, -0.2) is 0 Å². The van der Waals surface area contributed by atoms with Gasteiger partial charge < -0.3 is 24.4 Å². The number of methoxy groups -OCH3 is 3. The number of nitrogens with one attached hydrogen (secondary N) is 1. The summed E-state index contributed by atoms with van der Waals surface area (Å²) in [6, 6.07) is 10.00. The Hall–Kier alpha value is -3.71. The monoisotopic (exact) mass is 552 g/mol. The molecule has 0 saturated carbocycles. The fourth-order valence-corrected chi connectivity index (χ4v) is 4.25. The number of nitrogens with zero attached hydrogens (tertiary/aromatic N) is 3. The third kappa shape index (κ3) is 7.89. The van der Waals surface area contributed by atoms with Gasteiger partial charge in [0.25, 0.3) is 0 Å². The lowest BCUT2D eigenvalue weighted by Crippen LogP contribution is -2.37. The molecule has 1 heterocycles. The van der Waals surface area contributed by atoms with Crippen molar-refractivity contribution in [2.75, 3.05) is 46.3 Å². The van der Waals surface area contributed by atoms with E-state index in [1.54, 1.807) is 20.3 Å². The van der Waals surface area contributed by atoms with Crippen LogP contribution in [0.3, 0.4) is 0 Å². The van der Waals surface area contributed by atoms with Gasteiger partial charge >= 0.3 is 6.18 Å². The molecule has 13 heteroatoms. The molecule has 0 fully saturated rings. The fraction of sp³-hybridized carbons (Fsp3) is 0.360. The standard InChI is InChI=1S/C25H27F3N4O5S/c1-35-15-22(34)32(12-10-16-4-9-19(36-2)20(14-16)37-3)13-11-21(33)29-24-31-30-23(38-24)17-5-7-18(8-6-17)25(26,27)28/h4-9,14H,10-13,15H2,1-3H3,(H,29,31,33). The molecule has 38 heavy (non-hydrogen) atoms. The third-order valence-corrected chi connectivity index (χ3v) is 6.37. The SMILES string of the molecule is COCC(=O)N(CCC(=O)Nc1nnc(-c2ccc(C(F)(F)F)cc2)s1)CCc1ccc(OC)c(OC)c1. The first kappa shape index (κ1) is 28.9. The molecule has 3 aromatic rings. The van der Waals surface area contributed by atoms with Crippen LogP contribution in [0.4, 0.5) is 18.3 Å². The maximum Gasteiger partial charge on any atom is 0.416 e. The summed E-state index contributed by atoms with van der Waals surface area (Å²) in [5.41, 5.74) is 0.604. The van der Waals surface area contributed by atoms with E-state index in [0.717, 1.165) is 29.0 Å². The van der Waals surface area contributed by atoms with Crippen molar-refractivity contribution in [3.8, 4) is 22.1 Å². The van der Waals surface area contributed by atoms with Crippen LogP contribution in [0.2, 0.25) is 0 Å². The molecule has 2 aromatic carbocycles. The number of alkyl halides is 3. The normalized spacial score (nSPS) is 11.2. The van der Waals surface area contributed by atoms with Gasteiger partial charge in [0.15, 0.2) is 11.5 Å². The highest BCUT2D eigenvalue weighted by atomic mass is 32.1. The largest absolute Gasteiger partial charge is 0.493 e. The second-order valence-corrected chi connectivity index (χ2v) is 9.02. The lowest BCUT2D eigenvalue weighted by molar-refractivity contribution is -0.137. The molecule has 0 aliphatic heterocycles. The van der Waals surface area contributed by atoms with E-state index in [1.165, 1.54) is 24.1 Å². The topological polar surface area (TPSA) is 103 Å². The number of amides is 2. The molecule has 204 valence electrons. The highest BCUT2D eigenvalue weighted by Gasteiger charge is 2.30. The second-order valence-electron chi connectivity index (χ2n) is 8.04. The van der Waals surface area contributed by atoms with E-state index in [4.69, 9.17) is 14.2 Å². The van der Waals surface area contributed by atoms with E-state index in [9.17, 15) is 22.8 Å². The van der Waals surface area contributed by atoms with Crippen molar-refractivity contribution in [2.24, 2.45) is 0 Å². The molecule has 1 N–H and O–H groups in total. The van der Waals surface area contributed by atoms with E-state index in [-0.39, 0.29) is 36.5 Å². The zero-order valence-electron chi connectivity index (χ0n) is 21.0. The minimum absolute atomic E-state index is 0.00339. The Morgan fingerprint density at radius 2 is 1.68 bits per heavy atom. The first-order chi connectivity index (χ1) is 18.1. The summed E-state index contributed by atoms with van der Waals surface area (Å²) in [6.45, 7) is 0.369. The summed E-state index contributed by atoms with van der Waals surface area (Å²) in [6.07, 6.45) is -3.92. The van der Waals surface area contributed by atoms with Crippen molar-refractivity contribution >= 4 is 28.3 Å². The number of hydrogen-bond donors (Lipinski definition) is 1. The van der Waals surface area contributed by atoms with Crippen LogP contribution in [0, 0.1) is 0 Å². The summed E-state index contributed by atoms with van der Waals surface area (Å²) in [4.78, 5) is 26.6. The molecule has 3 rings (SSSR count). The van der Waals surface area contributed by atoms with Crippen molar-refractivity contribution in [1.29, 1.82) is 0 Å². The molecule has 0 atom stereocenters. The molecular weight excluding hydrogens is 525 g/mol. The van der Waals surface area contributed by atoms with Crippen LogP contribution in [0.1, 0.15) is 17.5 Å². The Morgan fingerprint density at radius 1 is 0.974 bits per heavy atom. The Bertz CT molecular complexity index is 1230. The first-order valence-corrected chi connectivity index (χ1v) is 12.2. The molecule has 0 spiro atoms. The van der Waals surface area contributed by atoms with Crippen LogP contribution >= 0.6 is 11.3 Å². The molecule has 0 saturated heterocycles. The molecule has 0 bridgehead atoms. The molecule has 0 unspecified atom stereocenters. The van der Waals surface area contributed by atoms with Gasteiger partial charge in [-0.2, -0.15) is 13.2 Å². The maximum absolute atomic E-state index is 12.8. The van der Waals surface area contributed by atoms with Crippen LogP contribution in [-0.2, 0) is 26.9 Å². The summed E-state index contributed by atoms with van der Waals surface area (Å²) in [5, 5.41) is 11.0. The minimum atomic E-state index is -4.43. The lowest BCUT2D eigenvalue weighted by Gasteiger charge is -2.22. The summed E-state index contributed by atoms with van der Waals surface area (Å²) < 4.78 is 53.8. The van der Waals surface area contributed by atoms with Gasteiger partial charge in [-0.1, -0.05) is 29.5 Å². The van der Waals surface area contributed by atoms with Gasteiger partial charge in [0.05, 0.1) is 19.8 Å². The molecule has 9 nitrogen and oxygen atoms in total. The van der Waals surface area contributed by atoms with Crippen LogP contribution in [-0.4, -0.2) is 67.9 Å². The maximum atomic E-state index is 12.8. The second kappa shape index (κ2) is 13.2. The molecule has 1 aromatic heterocycles. The van der Waals surface area contributed by atoms with Gasteiger partial charge in [-0.15, -0.1) is 10.2 Å². The predicted molar refractivity (Wildman–Crippen MR) is 135 cm³/mol. The quantitative estimate of drug-likeness (QED) is 0.358. The number of halogens is 3. The van der Waals surface area contributed by atoms with Crippen LogP contribution < -0.4 is 14.8 Å². The number of ether oxygens (including phenoxy) is 3. The zero-order chi connectivity index (χ0) is 27.7. The molecule has 0 radical (unpaired) electrons. The first-order valence-electron chi connectivity index (χ1n) is 11.4. The van der Waals surface area contributed by atoms with Crippen LogP contribution in [0.5, 0.6) is 11.5 Å². The fourth-order valence-electron chi connectivity index (χ4n) is 3.49. The number of carbonyl (C=O) groups is 2. The Balaban J connectivity index is 1.58. The van der Waals surface area contributed by atoms with Crippen molar-refractivity contribution in [1.82, 2.24) is 15.1 Å². The highest BCUT2D eigenvalue weighted by molar-refractivity contribution is 7.18. The average molecular weight is 553 g/mol. The van der Waals surface area contributed by atoms with E-state index < -0.39 is 11.7 Å². The Kier molecular flexibility index (Phi) is 10.0. The molecule has 2 amide bonds. The summed E-state index contributed by atoms with van der Waals surface area (Å²) >= 11 is 1.03. The minimum Gasteiger partial charge on any atom is -0.493 e. The Morgan fingerprint density at radius 3 is 2.32 bits per heavy atom. The van der Waals surface area contributed by atoms with Crippen molar-refractivity contribution < 1.29 is 37.0 Å².